The van der Waals surface area contributed by atoms with E-state index in [2.05, 4.69) is 38.8 Å². The summed E-state index contributed by atoms with van der Waals surface area (Å²) in [5, 5.41) is 11.2. The van der Waals surface area contributed by atoms with Gasteiger partial charge in [-0.1, -0.05) is 23.4 Å². The summed E-state index contributed by atoms with van der Waals surface area (Å²) >= 11 is 0. The van der Waals surface area contributed by atoms with E-state index in [1.165, 1.54) is 0 Å². The van der Waals surface area contributed by atoms with E-state index in [-0.39, 0.29) is 24.0 Å². The summed E-state index contributed by atoms with van der Waals surface area (Å²) < 4.78 is 10.9. The van der Waals surface area contributed by atoms with Crippen molar-refractivity contribution < 1.29 is 8.94 Å². The van der Waals surface area contributed by atoms with Gasteiger partial charge in [0.05, 0.1) is 13.1 Å². The van der Waals surface area contributed by atoms with Crippen molar-refractivity contribution in [3.63, 3.8) is 0 Å². The van der Waals surface area contributed by atoms with Crippen molar-refractivity contribution in [1.29, 1.82) is 0 Å². The van der Waals surface area contributed by atoms with Crippen LogP contribution >= 0.6 is 24.0 Å². The number of nitrogens with zero attached hydrogens (tertiary/aromatic N) is 3. The SMILES string of the molecule is CN=C(NCc1nc(C)no1)NCc1oc2ccccc2c1C.I. The second-order valence-corrected chi connectivity index (χ2v) is 5.16. The largest absolute Gasteiger partial charge is 0.459 e. The Kier molecular flexibility index (Phi) is 6.18. The summed E-state index contributed by atoms with van der Waals surface area (Å²) in [6.45, 7) is 4.80. The van der Waals surface area contributed by atoms with Crippen LogP contribution in [0, 0.1) is 13.8 Å². The Morgan fingerprint density at radius 2 is 1.92 bits per heavy atom. The van der Waals surface area contributed by atoms with Crippen molar-refractivity contribution in [1.82, 2.24) is 20.8 Å². The van der Waals surface area contributed by atoms with E-state index in [9.17, 15) is 0 Å². The number of aromatic nitrogens is 2. The van der Waals surface area contributed by atoms with Gasteiger partial charge in [0.15, 0.2) is 11.8 Å². The quantitative estimate of drug-likeness (QED) is 0.368. The molecular formula is C16H20IN5O2. The predicted molar refractivity (Wildman–Crippen MR) is 102 cm³/mol. The maximum atomic E-state index is 5.87. The van der Waals surface area contributed by atoms with E-state index in [0.29, 0.717) is 30.8 Å². The molecule has 2 heterocycles. The molecule has 128 valence electrons. The molecule has 0 aliphatic rings. The standard InChI is InChI=1S/C16H19N5O2.HI/c1-10-12-6-4-5-7-13(12)22-14(10)8-18-16(17-3)19-9-15-20-11(2)21-23-15;/h4-7H,8-9H2,1-3H3,(H2,17,18,19);1H. The molecule has 0 bridgehead atoms. The molecule has 2 N–H and O–H groups in total. The predicted octanol–water partition coefficient (Wildman–Crippen LogP) is 2.92. The molecule has 0 radical (unpaired) electrons. The van der Waals surface area contributed by atoms with E-state index in [1.807, 2.05) is 18.2 Å². The van der Waals surface area contributed by atoms with Gasteiger partial charge < -0.3 is 19.6 Å². The van der Waals surface area contributed by atoms with E-state index in [0.717, 1.165) is 22.3 Å². The number of para-hydroxylation sites is 1. The molecule has 0 fully saturated rings. The molecule has 0 aliphatic heterocycles. The van der Waals surface area contributed by atoms with Gasteiger partial charge in [-0.3, -0.25) is 4.99 Å². The first-order chi connectivity index (χ1) is 11.2. The number of fused-ring (bicyclic) bond motifs is 1. The summed E-state index contributed by atoms with van der Waals surface area (Å²) in [7, 11) is 1.71. The second-order valence-electron chi connectivity index (χ2n) is 5.16. The van der Waals surface area contributed by atoms with Gasteiger partial charge in [0.1, 0.15) is 11.3 Å². The number of benzene rings is 1. The van der Waals surface area contributed by atoms with Crippen LogP contribution in [0.2, 0.25) is 0 Å². The molecule has 2 aromatic heterocycles. The third-order valence-corrected chi connectivity index (χ3v) is 3.56. The minimum Gasteiger partial charge on any atom is -0.459 e. The van der Waals surface area contributed by atoms with Gasteiger partial charge in [-0.2, -0.15) is 4.98 Å². The molecule has 3 aromatic rings. The smallest absolute Gasteiger partial charge is 0.246 e. The first-order valence-corrected chi connectivity index (χ1v) is 7.38. The Balaban J connectivity index is 0.00000208. The summed E-state index contributed by atoms with van der Waals surface area (Å²) in [6, 6.07) is 8.00. The molecule has 0 amide bonds. The first-order valence-electron chi connectivity index (χ1n) is 7.38. The highest BCUT2D eigenvalue weighted by Gasteiger charge is 2.10. The molecule has 24 heavy (non-hydrogen) atoms. The Labute approximate surface area is 156 Å². The number of rotatable bonds is 4. The van der Waals surface area contributed by atoms with E-state index < -0.39 is 0 Å². The zero-order valence-corrected chi connectivity index (χ0v) is 16.1. The molecule has 1 aromatic carbocycles. The second kappa shape index (κ2) is 8.13. The van der Waals surface area contributed by atoms with Crippen LogP contribution in [-0.2, 0) is 13.1 Å². The van der Waals surface area contributed by atoms with Gasteiger partial charge in [0.25, 0.3) is 0 Å². The van der Waals surface area contributed by atoms with Gasteiger partial charge in [0, 0.05) is 18.0 Å². The lowest BCUT2D eigenvalue weighted by Crippen LogP contribution is -2.36. The van der Waals surface area contributed by atoms with Crippen molar-refractivity contribution in [2.24, 2.45) is 4.99 Å². The minimum atomic E-state index is 0. The lowest BCUT2D eigenvalue weighted by Gasteiger charge is -2.09. The topological polar surface area (TPSA) is 88.5 Å². The van der Waals surface area contributed by atoms with Gasteiger partial charge in [-0.05, 0) is 19.9 Å². The molecule has 0 spiro atoms. The average Bonchev–Trinajstić information content (AvgIpc) is 3.12. The van der Waals surface area contributed by atoms with Crippen LogP contribution in [0.4, 0.5) is 0 Å². The number of aryl methyl sites for hydroxylation is 2. The van der Waals surface area contributed by atoms with Crippen LogP contribution in [0.1, 0.15) is 23.0 Å². The maximum absolute atomic E-state index is 5.87. The van der Waals surface area contributed by atoms with Gasteiger partial charge >= 0.3 is 0 Å². The Hall–Kier alpha value is -2.10. The number of aliphatic imine (C=N–C) groups is 1. The molecule has 0 atom stereocenters. The molecule has 7 nitrogen and oxygen atoms in total. The van der Waals surface area contributed by atoms with Crippen LogP contribution in [0.25, 0.3) is 11.0 Å². The number of nitrogens with one attached hydrogen (secondary N) is 2. The first kappa shape index (κ1) is 18.2. The summed E-state index contributed by atoms with van der Waals surface area (Å²) in [5.74, 6) is 2.66. The van der Waals surface area contributed by atoms with Crippen molar-refractivity contribution in [2.45, 2.75) is 26.9 Å². The van der Waals surface area contributed by atoms with E-state index >= 15 is 0 Å². The minimum absolute atomic E-state index is 0. The third kappa shape index (κ3) is 4.05. The lowest BCUT2D eigenvalue weighted by atomic mass is 10.1. The van der Waals surface area contributed by atoms with E-state index in [4.69, 9.17) is 8.94 Å². The Bertz CT molecular complexity index is 840. The fourth-order valence-electron chi connectivity index (χ4n) is 2.35. The fourth-order valence-corrected chi connectivity index (χ4v) is 2.35. The molecule has 0 aliphatic carbocycles. The molecule has 8 heteroatoms. The van der Waals surface area contributed by atoms with E-state index in [1.54, 1.807) is 14.0 Å². The number of hydrogen-bond acceptors (Lipinski definition) is 5. The summed E-state index contributed by atoms with van der Waals surface area (Å²) in [5.41, 5.74) is 2.03. The monoisotopic (exact) mass is 441 g/mol. The van der Waals surface area contributed by atoms with Gasteiger partial charge in [-0.15, -0.1) is 24.0 Å². The molecule has 0 unspecified atom stereocenters. The van der Waals surface area contributed by atoms with Crippen LogP contribution in [0.5, 0.6) is 0 Å². The van der Waals surface area contributed by atoms with Crippen molar-refractivity contribution in [3.05, 3.63) is 47.3 Å². The Morgan fingerprint density at radius 3 is 2.58 bits per heavy atom. The number of guanidine groups is 1. The third-order valence-electron chi connectivity index (χ3n) is 3.56. The fraction of sp³-hybridized carbons (Fsp3) is 0.312. The molecular weight excluding hydrogens is 421 g/mol. The molecule has 3 rings (SSSR count). The van der Waals surface area contributed by atoms with Gasteiger partial charge in [-0.25, -0.2) is 0 Å². The van der Waals surface area contributed by atoms with Crippen molar-refractivity contribution in [3.8, 4) is 0 Å². The lowest BCUT2D eigenvalue weighted by molar-refractivity contribution is 0.371. The Morgan fingerprint density at radius 1 is 1.17 bits per heavy atom. The highest BCUT2D eigenvalue weighted by Crippen LogP contribution is 2.24. The summed E-state index contributed by atoms with van der Waals surface area (Å²) in [4.78, 5) is 8.31. The number of halogens is 1. The highest BCUT2D eigenvalue weighted by atomic mass is 127. The highest BCUT2D eigenvalue weighted by molar-refractivity contribution is 14.0. The molecule has 0 saturated carbocycles. The van der Waals surface area contributed by atoms with Crippen LogP contribution in [0.15, 0.2) is 38.2 Å². The maximum Gasteiger partial charge on any atom is 0.246 e. The van der Waals surface area contributed by atoms with Crippen LogP contribution in [0.3, 0.4) is 0 Å². The van der Waals surface area contributed by atoms with Crippen LogP contribution in [-0.4, -0.2) is 23.1 Å². The number of furan rings is 1. The zero-order valence-electron chi connectivity index (χ0n) is 13.8. The van der Waals surface area contributed by atoms with Gasteiger partial charge in [0.2, 0.25) is 5.89 Å². The van der Waals surface area contributed by atoms with Crippen LogP contribution < -0.4 is 10.6 Å². The molecule has 0 saturated heterocycles. The zero-order chi connectivity index (χ0) is 16.2. The van der Waals surface area contributed by atoms with Crippen molar-refractivity contribution >= 4 is 40.9 Å². The summed E-state index contributed by atoms with van der Waals surface area (Å²) in [6.07, 6.45) is 0. The number of hydrogen-bond donors (Lipinski definition) is 2. The normalized spacial score (nSPS) is 11.4. The van der Waals surface area contributed by atoms with Crippen molar-refractivity contribution in [2.75, 3.05) is 7.05 Å². The average molecular weight is 441 g/mol.